The topological polar surface area (TPSA) is 81.6 Å². The molecule has 6 nitrogen and oxygen atoms in total. The van der Waals surface area contributed by atoms with Crippen molar-refractivity contribution in [3.05, 3.63) is 28.3 Å². The van der Waals surface area contributed by atoms with E-state index in [1.54, 1.807) is 12.1 Å². The molecule has 0 spiro atoms. The van der Waals surface area contributed by atoms with Gasteiger partial charge in [0.05, 0.1) is 17.1 Å². The molecule has 0 aromatic heterocycles. The van der Waals surface area contributed by atoms with E-state index in [1.807, 2.05) is 13.8 Å². The van der Waals surface area contributed by atoms with E-state index in [0.29, 0.717) is 18.8 Å². The number of hydrogen-bond donors (Lipinski definition) is 1. The number of hydrogen-bond acceptors (Lipinski definition) is 5. The molecule has 2 unspecified atom stereocenters. The molecule has 1 aliphatic rings. The van der Waals surface area contributed by atoms with Gasteiger partial charge in [-0.25, -0.2) is 0 Å². The van der Waals surface area contributed by atoms with Crippen molar-refractivity contribution in [3.63, 3.8) is 0 Å². The molecule has 1 aliphatic heterocycles. The van der Waals surface area contributed by atoms with Gasteiger partial charge in [-0.3, -0.25) is 10.1 Å². The van der Waals surface area contributed by atoms with E-state index < -0.39 is 4.92 Å². The summed E-state index contributed by atoms with van der Waals surface area (Å²) in [6.07, 6.45) is 0.212. The summed E-state index contributed by atoms with van der Waals surface area (Å²) in [6, 6.07) is 4.69. The van der Waals surface area contributed by atoms with Crippen LogP contribution in [0.1, 0.15) is 13.8 Å². The second kappa shape index (κ2) is 4.81. The summed E-state index contributed by atoms with van der Waals surface area (Å²) in [7, 11) is 0. The average molecular weight is 251 g/mol. The minimum atomic E-state index is -0.423. The molecule has 1 aromatic rings. The van der Waals surface area contributed by atoms with E-state index in [2.05, 4.69) is 4.90 Å². The predicted molar refractivity (Wildman–Crippen MR) is 69.7 cm³/mol. The van der Waals surface area contributed by atoms with Gasteiger partial charge < -0.3 is 15.4 Å². The zero-order chi connectivity index (χ0) is 13.3. The van der Waals surface area contributed by atoms with Crippen molar-refractivity contribution in [1.29, 1.82) is 0 Å². The Morgan fingerprint density at radius 2 is 1.94 bits per heavy atom. The molecule has 2 atom stereocenters. The Morgan fingerprint density at radius 3 is 2.50 bits per heavy atom. The summed E-state index contributed by atoms with van der Waals surface area (Å²) in [5, 5.41) is 10.8. The SMILES string of the molecule is CC1CN(c2cc(N)cc([N+](=O)[O-])c2)CC(C)O1. The van der Waals surface area contributed by atoms with Gasteiger partial charge in [-0.1, -0.05) is 0 Å². The van der Waals surface area contributed by atoms with Crippen molar-refractivity contribution < 1.29 is 9.66 Å². The summed E-state index contributed by atoms with van der Waals surface area (Å²) < 4.78 is 5.64. The minimum Gasteiger partial charge on any atom is -0.398 e. The molecule has 2 rings (SSSR count). The van der Waals surface area contributed by atoms with Crippen molar-refractivity contribution in [2.24, 2.45) is 0 Å². The van der Waals surface area contributed by atoms with Crippen molar-refractivity contribution in [2.45, 2.75) is 26.1 Å². The predicted octanol–water partition coefficient (Wildman–Crippen LogP) is 1.79. The van der Waals surface area contributed by atoms with Crippen molar-refractivity contribution in [3.8, 4) is 0 Å². The van der Waals surface area contributed by atoms with Crippen LogP contribution in [0.5, 0.6) is 0 Å². The van der Waals surface area contributed by atoms with Gasteiger partial charge in [0, 0.05) is 36.6 Å². The van der Waals surface area contributed by atoms with Gasteiger partial charge in [0.1, 0.15) is 0 Å². The van der Waals surface area contributed by atoms with Gasteiger partial charge in [-0.05, 0) is 19.9 Å². The molecule has 1 heterocycles. The Kier molecular flexibility index (Phi) is 3.38. The number of benzene rings is 1. The zero-order valence-corrected chi connectivity index (χ0v) is 10.5. The summed E-state index contributed by atoms with van der Waals surface area (Å²) in [4.78, 5) is 12.5. The van der Waals surface area contributed by atoms with Crippen LogP contribution >= 0.6 is 0 Å². The van der Waals surface area contributed by atoms with Crippen LogP contribution in [-0.4, -0.2) is 30.2 Å². The third-order valence-corrected chi connectivity index (χ3v) is 2.92. The molecule has 98 valence electrons. The Labute approximate surface area is 105 Å². The Hall–Kier alpha value is -1.82. The Bertz CT molecular complexity index is 454. The normalized spacial score (nSPS) is 24.0. The molecule has 18 heavy (non-hydrogen) atoms. The number of nitro groups is 1. The Morgan fingerprint density at radius 1 is 1.33 bits per heavy atom. The first-order valence-corrected chi connectivity index (χ1v) is 5.91. The summed E-state index contributed by atoms with van der Waals surface area (Å²) in [6.45, 7) is 5.41. The van der Waals surface area contributed by atoms with E-state index in [0.717, 1.165) is 5.69 Å². The third-order valence-electron chi connectivity index (χ3n) is 2.92. The van der Waals surface area contributed by atoms with Crippen LogP contribution in [0.2, 0.25) is 0 Å². The standard InChI is InChI=1S/C12H17N3O3/c1-8-6-14(7-9(2)18-8)11-3-10(13)4-12(5-11)15(16)17/h3-5,8-9H,6-7,13H2,1-2H3. The maximum atomic E-state index is 10.8. The largest absolute Gasteiger partial charge is 0.398 e. The van der Waals surface area contributed by atoms with E-state index in [1.165, 1.54) is 6.07 Å². The highest BCUT2D eigenvalue weighted by Gasteiger charge is 2.23. The number of morpholine rings is 1. The van der Waals surface area contributed by atoms with Gasteiger partial charge in [-0.15, -0.1) is 0 Å². The fourth-order valence-electron chi connectivity index (χ4n) is 2.29. The fourth-order valence-corrected chi connectivity index (χ4v) is 2.29. The molecule has 2 N–H and O–H groups in total. The van der Waals surface area contributed by atoms with Gasteiger partial charge in [-0.2, -0.15) is 0 Å². The molecule has 0 aliphatic carbocycles. The second-order valence-corrected chi connectivity index (χ2v) is 4.70. The highest BCUT2D eigenvalue weighted by molar-refractivity contribution is 5.63. The summed E-state index contributed by atoms with van der Waals surface area (Å²) in [5.74, 6) is 0. The number of nitrogen functional groups attached to an aromatic ring is 1. The number of non-ortho nitro benzene ring substituents is 1. The maximum Gasteiger partial charge on any atom is 0.273 e. The number of ether oxygens (including phenoxy) is 1. The van der Waals surface area contributed by atoms with Crippen LogP contribution in [0.25, 0.3) is 0 Å². The molecule has 0 radical (unpaired) electrons. The smallest absolute Gasteiger partial charge is 0.273 e. The lowest BCUT2D eigenvalue weighted by atomic mass is 10.1. The lowest BCUT2D eigenvalue weighted by Gasteiger charge is -2.36. The number of nitrogens with two attached hydrogens (primary N) is 1. The zero-order valence-electron chi connectivity index (χ0n) is 10.5. The van der Waals surface area contributed by atoms with Crippen molar-refractivity contribution in [1.82, 2.24) is 0 Å². The second-order valence-electron chi connectivity index (χ2n) is 4.70. The van der Waals surface area contributed by atoms with Crippen molar-refractivity contribution in [2.75, 3.05) is 23.7 Å². The van der Waals surface area contributed by atoms with E-state index in [4.69, 9.17) is 10.5 Å². The molecular weight excluding hydrogens is 234 g/mol. The van der Waals surface area contributed by atoms with Crippen LogP contribution in [0, 0.1) is 10.1 Å². The molecule has 1 saturated heterocycles. The quantitative estimate of drug-likeness (QED) is 0.492. The van der Waals surface area contributed by atoms with Crippen LogP contribution < -0.4 is 10.6 Å². The highest BCUT2D eigenvalue weighted by Crippen LogP contribution is 2.27. The first-order chi connectivity index (χ1) is 8.45. The summed E-state index contributed by atoms with van der Waals surface area (Å²) >= 11 is 0. The Balaban J connectivity index is 2.29. The van der Waals surface area contributed by atoms with Gasteiger partial charge in [0.25, 0.3) is 5.69 Å². The van der Waals surface area contributed by atoms with E-state index in [-0.39, 0.29) is 17.9 Å². The van der Waals surface area contributed by atoms with Crippen LogP contribution in [0.4, 0.5) is 17.1 Å². The molecule has 0 saturated carbocycles. The number of nitrogens with zero attached hydrogens (tertiary/aromatic N) is 2. The molecule has 1 fully saturated rings. The average Bonchev–Trinajstić information content (AvgIpc) is 2.26. The lowest BCUT2D eigenvalue weighted by molar-refractivity contribution is -0.384. The van der Waals surface area contributed by atoms with Gasteiger partial charge in [0.15, 0.2) is 0 Å². The van der Waals surface area contributed by atoms with Crippen molar-refractivity contribution >= 4 is 17.1 Å². The minimum absolute atomic E-state index is 0.0248. The molecule has 0 bridgehead atoms. The van der Waals surface area contributed by atoms with E-state index >= 15 is 0 Å². The number of nitro benzene ring substituents is 1. The summed E-state index contributed by atoms with van der Waals surface area (Å²) in [5.41, 5.74) is 6.93. The molecule has 6 heteroatoms. The molecular formula is C12H17N3O3. The maximum absolute atomic E-state index is 10.8. The number of anilines is 2. The first kappa shape index (κ1) is 12.6. The molecule has 0 amide bonds. The van der Waals surface area contributed by atoms with Crippen LogP contribution in [0.3, 0.4) is 0 Å². The lowest BCUT2D eigenvalue weighted by Crippen LogP contribution is -2.45. The van der Waals surface area contributed by atoms with Gasteiger partial charge in [0.2, 0.25) is 0 Å². The fraction of sp³-hybridized carbons (Fsp3) is 0.500. The van der Waals surface area contributed by atoms with Crippen LogP contribution in [0.15, 0.2) is 18.2 Å². The highest BCUT2D eigenvalue weighted by atomic mass is 16.6. The third kappa shape index (κ3) is 2.70. The van der Waals surface area contributed by atoms with Gasteiger partial charge >= 0.3 is 0 Å². The van der Waals surface area contributed by atoms with Crippen LogP contribution in [-0.2, 0) is 4.74 Å². The van der Waals surface area contributed by atoms with E-state index in [9.17, 15) is 10.1 Å². The monoisotopic (exact) mass is 251 g/mol. The first-order valence-electron chi connectivity index (χ1n) is 5.91. The molecule has 1 aromatic carbocycles. The number of rotatable bonds is 2.